The van der Waals surface area contributed by atoms with Crippen LogP contribution in [0.2, 0.25) is 0 Å². The fourth-order valence-corrected chi connectivity index (χ4v) is 4.77. The predicted molar refractivity (Wildman–Crippen MR) is 111 cm³/mol. The van der Waals surface area contributed by atoms with E-state index < -0.39 is 20.0 Å². The molecule has 0 saturated heterocycles. The average Bonchev–Trinajstić information content (AvgIpc) is 2.68. The number of nitrogens with zero attached hydrogens (tertiary/aromatic N) is 1. The third kappa shape index (κ3) is 4.83. The molecule has 7 nitrogen and oxygen atoms in total. The molecule has 3 aromatic rings. The highest BCUT2D eigenvalue weighted by Crippen LogP contribution is 2.22. The molecule has 2 N–H and O–H groups in total. The molecule has 3 rings (SSSR count). The monoisotopic (exact) mass is 435 g/mol. The molecular formula is C18H17N3O4S3. The van der Waals surface area contributed by atoms with Gasteiger partial charge >= 0.3 is 0 Å². The van der Waals surface area contributed by atoms with Gasteiger partial charge in [-0.05, 0) is 66.9 Å². The molecule has 0 unspecified atom stereocenters. The summed E-state index contributed by atoms with van der Waals surface area (Å²) in [5.74, 6) is 0.195. The molecule has 28 heavy (non-hydrogen) atoms. The van der Waals surface area contributed by atoms with Crippen molar-refractivity contribution in [1.29, 1.82) is 0 Å². The van der Waals surface area contributed by atoms with E-state index in [9.17, 15) is 16.8 Å². The highest BCUT2D eigenvalue weighted by molar-refractivity contribution is 7.98. The number of aromatic nitrogens is 1. The Labute approximate surface area is 168 Å². The van der Waals surface area contributed by atoms with Crippen molar-refractivity contribution in [2.24, 2.45) is 0 Å². The van der Waals surface area contributed by atoms with Crippen LogP contribution in [0.1, 0.15) is 0 Å². The highest BCUT2D eigenvalue weighted by atomic mass is 32.2. The van der Waals surface area contributed by atoms with E-state index in [0.717, 1.165) is 4.90 Å². The molecule has 0 amide bonds. The average molecular weight is 436 g/mol. The van der Waals surface area contributed by atoms with Crippen molar-refractivity contribution in [1.82, 2.24) is 4.98 Å². The van der Waals surface area contributed by atoms with Crippen LogP contribution in [-0.4, -0.2) is 28.1 Å². The highest BCUT2D eigenvalue weighted by Gasteiger charge is 2.17. The van der Waals surface area contributed by atoms with E-state index in [2.05, 4.69) is 14.4 Å². The molecule has 1 aromatic heterocycles. The van der Waals surface area contributed by atoms with Gasteiger partial charge in [0, 0.05) is 16.8 Å². The second-order valence-electron chi connectivity index (χ2n) is 5.63. The molecule has 2 aromatic carbocycles. The lowest BCUT2D eigenvalue weighted by Gasteiger charge is -2.10. The van der Waals surface area contributed by atoms with Gasteiger partial charge in [0.2, 0.25) is 0 Å². The second-order valence-corrected chi connectivity index (χ2v) is 9.87. The van der Waals surface area contributed by atoms with E-state index in [4.69, 9.17) is 0 Å². The van der Waals surface area contributed by atoms with Gasteiger partial charge in [-0.25, -0.2) is 21.8 Å². The van der Waals surface area contributed by atoms with Gasteiger partial charge in [0.25, 0.3) is 20.0 Å². The summed E-state index contributed by atoms with van der Waals surface area (Å²) in [5, 5.41) is 0. The van der Waals surface area contributed by atoms with Crippen LogP contribution in [0.4, 0.5) is 11.5 Å². The van der Waals surface area contributed by atoms with Crippen LogP contribution < -0.4 is 9.44 Å². The summed E-state index contributed by atoms with van der Waals surface area (Å²) in [5.41, 5.74) is 0.255. The zero-order chi connectivity index (χ0) is 20.2. The SMILES string of the molecule is CSc1ccc(S(=O)(=O)Nc2ccc(S(=O)(=O)Nc3ccccn3)cc2)cc1. The molecular weight excluding hydrogens is 418 g/mol. The van der Waals surface area contributed by atoms with E-state index in [1.165, 1.54) is 60.4 Å². The zero-order valence-electron chi connectivity index (χ0n) is 14.7. The van der Waals surface area contributed by atoms with Gasteiger partial charge in [-0.3, -0.25) is 9.44 Å². The number of hydrogen-bond acceptors (Lipinski definition) is 6. The predicted octanol–water partition coefficient (Wildman–Crippen LogP) is 3.41. The van der Waals surface area contributed by atoms with Gasteiger partial charge in [-0.1, -0.05) is 6.07 Å². The van der Waals surface area contributed by atoms with Gasteiger partial charge in [-0.2, -0.15) is 0 Å². The summed E-state index contributed by atoms with van der Waals surface area (Å²) in [6.07, 6.45) is 3.38. The lowest BCUT2D eigenvalue weighted by atomic mass is 10.3. The second kappa shape index (κ2) is 8.21. The lowest BCUT2D eigenvalue weighted by Crippen LogP contribution is -2.15. The van der Waals surface area contributed by atoms with Crippen LogP contribution >= 0.6 is 11.8 Å². The number of sulfonamides is 2. The van der Waals surface area contributed by atoms with Crippen molar-refractivity contribution in [3.8, 4) is 0 Å². The quantitative estimate of drug-likeness (QED) is 0.551. The van der Waals surface area contributed by atoms with Crippen molar-refractivity contribution in [2.45, 2.75) is 14.7 Å². The minimum Gasteiger partial charge on any atom is -0.280 e. The fourth-order valence-electron chi connectivity index (χ4n) is 2.29. The Balaban J connectivity index is 1.76. The van der Waals surface area contributed by atoms with Gasteiger partial charge in [0.1, 0.15) is 5.82 Å². The molecule has 0 atom stereocenters. The summed E-state index contributed by atoms with van der Waals surface area (Å²) in [6.45, 7) is 0. The topological polar surface area (TPSA) is 105 Å². The normalized spacial score (nSPS) is 11.8. The smallest absolute Gasteiger partial charge is 0.263 e. The zero-order valence-corrected chi connectivity index (χ0v) is 17.2. The Morgan fingerprint density at radius 1 is 0.750 bits per heavy atom. The summed E-state index contributed by atoms with van der Waals surface area (Å²) < 4.78 is 54.5. The molecule has 0 bridgehead atoms. The molecule has 0 fully saturated rings. The third-order valence-corrected chi connectivity index (χ3v) is 7.20. The van der Waals surface area contributed by atoms with Crippen molar-refractivity contribution in [3.63, 3.8) is 0 Å². The Bertz CT molecular complexity index is 1150. The fraction of sp³-hybridized carbons (Fsp3) is 0.0556. The Hall–Kier alpha value is -2.56. The number of rotatable bonds is 7. The molecule has 0 spiro atoms. The van der Waals surface area contributed by atoms with Crippen LogP contribution in [-0.2, 0) is 20.0 Å². The maximum absolute atomic E-state index is 12.5. The van der Waals surface area contributed by atoms with E-state index >= 15 is 0 Å². The molecule has 0 aliphatic carbocycles. The van der Waals surface area contributed by atoms with Crippen LogP contribution in [0.15, 0.2) is 87.6 Å². The van der Waals surface area contributed by atoms with Crippen LogP contribution in [0.25, 0.3) is 0 Å². The maximum atomic E-state index is 12.5. The summed E-state index contributed by atoms with van der Waals surface area (Å²) in [6, 6.07) is 16.8. The molecule has 0 aliphatic heterocycles. The molecule has 10 heteroatoms. The summed E-state index contributed by atoms with van der Waals surface area (Å²) >= 11 is 1.51. The minimum atomic E-state index is -3.83. The maximum Gasteiger partial charge on any atom is 0.263 e. The first-order valence-corrected chi connectivity index (χ1v) is 12.2. The van der Waals surface area contributed by atoms with Gasteiger partial charge < -0.3 is 0 Å². The number of thioether (sulfide) groups is 1. The van der Waals surface area contributed by atoms with Crippen LogP contribution in [0.3, 0.4) is 0 Å². The van der Waals surface area contributed by atoms with E-state index in [1.54, 1.807) is 24.3 Å². The van der Waals surface area contributed by atoms with E-state index in [0.29, 0.717) is 0 Å². The van der Waals surface area contributed by atoms with Crippen molar-refractivity contribution in [3.05, 3.63) is 72.9 Å². The number of nitrogens with one attached hydrogen (secondary N) is 2. The van der Waals surface area contributed by atoms with Gasteiger partial charge in [0.05, 0.1) is 9.79 Å². The Morgan fingerprint density at radius 2 is 1.32 bits per heavy atom. The van der Waals surface area contributed by atoms with Gasteiger partial charge in [-0.15, -0.1) is 11.8 Å². The van der Waals surface area contributed by atoms with Gasteiger partial charge in [0.15, 0.2) is 0 Å². The van der Waals surface area contributed by atoms with E-state index in [-0.39, 0.29) is 21.3 Å². The molecule has 0 saturated carbocycles. The molecule has 0 radical (unpaired) electrons. The first-order chi connectivity index (χ1) is 13.3. The lowest BCUT2D eigenvalue weighted by molar-refractivity contribution is 0.600. The summed E-state index contributed by atoms with van der Waals surface area (Å²) in [7, 11) is -7.60. The standard InChI is InChI=1S/C18H17N3O4S3/c1-26-15-7-11-17(12-8-15)27(22,23)20-14-5-9-16(10-6-14)28(24,25)21-18-4-2-3-13-19-18/h2-13,20H,1H3,(H,19,21). The number of hydrogen-bond donors (Lipinski definition) is 2. The minimum absolute atomic E-state index is 0.00887. The molecule has 1 heterocycles. The van der Waals surface area contributed by atoms with Crippen molar-refractivity contribution in [2.75, 3.05) is 15.7 Å². The molecule has 0 aliphatic rings. The van der Waals surface area contributed by atoms with Crippen molar-refractivity contribution < 1.29 is 16.8 Å². The van der Waals surface area contributed by atoms with Crippen molar-refractivity contribution >= 4 is 43.3 Å². The largest absolute Gasteiger partial charge is 0.280 e. The summed E-state index contributed by atoms with van der Waals surface area (Å²) in [4.78, 5) is 4.99. The number of anilines is 2. The first-order valence-electron chi connectivity index (χ1n) is 8.01. The van der Waals surface area contributed by atoms with E-state index in [1.807, 2.05) is 6.26 Å². The molecule has 146 valence electrons. The Kier molecular flexibility index (Phi) is 5.92. The first kappa shape index (κ1) is 20.2. The third-order valence-electron chi connectivity index (χ3n) is 3.69. The number of pyridine rings is 1. The van der Waals surface area contributed by atoms with Crippen LogP contribution in [0.5, 0.6) is 0 Å². The van der Waals surface area contributed by atoms with Crippen LogP contribution in [0, 0.1) is 0 Å². The Morgan fingerprint density at radius 3 is 1.86 bits per heavy atom. The number of benzene rings is 2.